The number of carbonyl (C=O) groups is 2. The van der Waals surface area contributed by atoms with Crippen LogP contribution in [0.25, 0.3) is 0 Å². The largest absolute Gasteiger partial charge is 0.352 e. The molecule has 1 aliphatic rings. The van der Waals surface area contributed by atoms with Gasteiger partial charge in [0.25, 0.3) is 0 Å². The molecule has 2 unspecified atom stereocenters. The molecule has 1 aliphatic carbocycles. The molecule has 146 valence electrons. The lowest BCUT2D eigenvalue weighted by molar-refractivity contribution is -0.128. The monoisotopic (exact) mass is 382 g/mol. The maximum atomic E-state index is 12.4. The molecule has 0 aromatic heterocycles. The van der Waals surface area contributed by atoms with Gasteiger partial charge in [-0.2, -0.15) is 0 Å². The third-order valence-electron chi connectivity index (χ3n) is 4.67. The van der Waals surface area contributed by atoms with Crippen LogP contribution in [0, 0.1) is 5.92 Å². The Bertz CT molecular complexity index is 602. The molecule has 0 saturated heterocycles. The van der Waals surface area contributed by atoms with Crippen LogP contribution in [-0.4, -0.2) is 23.5 Å². The summed E-state index contributed by atoms with van der Waals surface area (Å²) in [4.78, 5) is 24.1. The summed E-state index contributed by atoms with van der Waals surface area (Å²) in [5.41, 5.74) is 7.57. The summed E-state index contributed by atoms with van der Waals surface area (Å²) in [6, 6.07) is 7.31. The van der Waals surface area contributed by atoms with E-state index in [1.54, 1.807) is 0 Å². The normalized spacial score (nSPS) is 22.3. The molecule has 0 bridgehead atoms. The van der Waals surface area contributed by atoms with Gasteiger partial charge in [0.2, 0.25) is 5.91 Å². The molecule has 1 saturated carbocycles. The van der Waals surface area contributed by atoms with Crippen molar-refractivity contribution in [1.82, 2.24) is 10.6 Å². The molecule has 0 spiro atoms. The number of hydrogen-bond acceptors (Lipinski definition) is 3. The summed E-state index contributed by atoms with van der Waals surface area (Å²) in [5.74, 6) is -0.0925. The summed E-state index contributed by atoms with van der Waals surface area (Å²) in [7, 11) is 0. The Morgan fingerprint density at radius 1 is 1.23 bits per heavy atom. The number of nitrogens with one attached hydrogen (secondary N) is 3. The van der Waals surface area contributed by atoms with Crippen molar-refractivity contribution in [3.05, 3.63) is 29.8 Å². The molecule has 26 heavy (non-hydrogen) atoms. The van der Waals surface area contributed by atoms with E-state index in [1.807, 2.05) is 45.0 Å². The second-order valence-corrected chi connectivity index (χ2v) is 7.47. The number of halogens is 1. The first-order valence-corrected chi connectivity index (χ1v) is 9.01. The van der Waals surface area contributed by atoms with Gasteiger partial charge in [0.1, 0.15) is 0 Å². The molecule has 3 amide bonds. The Labute approximate surface area is 162 Å². The van der Waals surface area contributed by atoms with E-state index in [1.165, 1.54) is 0 Å². The van der Waals surface area contributed by atoms with Crippen LogP contribution in [0.4, 0.5) is 10.5 Å². The highest BCUT2D eigenvalue weighted by Gasteiger charge is 2.37. The summed E-state index contributed by atoms with van der Waals surface area (Å²) in [6.45, 7) is 6.25. The van der Waals surface area contributed by atoms with Gasteiger partial charge in [-0.25, -0.2) is 4.79 Å². The number of amides is 3. The zero-order chi connectivity index (χ0) is 18.4. The summed E-state index contributed by atoms with van der Waals surface area (Å²) < 4.78 is 0. The Balaban J connectivity index is 0.00000338. The van der Waals surface area contributed by atoms with Gasteiger partial charge in [0.05, 0.1) is 5.92 Å². The Kier molecular flexibility index (Phi) is 8.37. The number of urea groups is 1. The molecule has 5 N–H and O–H groups in total. The highest BCUT2D eigenvalue weighted by Crippen LogP contribution is 2.31. The third-order valence-corrected chi connectivity index (χ3v) is 4.67. The molecular weight excluding hydrogens is 352 g/mol. The van der Waals surface area contributed by atoms with Crippen LogP contribution in [0.15, 0.2) is 24.3 Å². The Morgan fingerprint density at radius 3 is 2.46 bits per heavy atom. The molecule has 2 rings (SSSR count). The van der Waals surface area contributed by atoms with E-state index in [9.17, 15) is 9.59 Å². The van der Waals surface area contributed by atoms with Crippen LogP contribution in [0.5, 0.6) is 0 Å². The molecule has 6 nitrogen and oxygen atoms in total. The van der Waals surface area contributed by atoms with Crippen LogP contribution in [0.3, 0.4) is 0 Å². The van der Waals surface area contributed by atoms with Crippen LogP contribution in [0.1, 0.15) is 52.0 Å². The maximum absolute atomic E-state index is 12.4. The van der Waals surface area contributed by atoms with E-state index in [0.29, 0.717) is 6.54 Å². The van der Waals surface area contributed by atoms with Crippen molar-refractivity contribution in [2.24, 2.45) is 11.7 Å². The number of anilines is 1. The fraction of sp³-hybridized carbons (Fsp3) is 0.579. The zero-order valence-corrected chi connectivity index (χ0v) is 16.6. The second kappa shape index (κ2) is 9.78. The van der Waals surface area contributed by atoms with Crippen molar-refractivity contribution in [1.29, 1.82) is 0 Å². The maximum Gasteiger partial charge on any atom is 0.319 e. The van der Waals surface area contributed by atoms with Gasteiger partial charge in [-0.3, -0.25) is 4.79 Å². The van der Waals surface area contributed by atoms with Crippen molar-refractivity contribution in [3.8, 4) is 0 Å². The second-order valence-electron chi connectivity index (χ2n) is 7.47. The SMILES string of the molecule is CC(C)NC(=O)Nc1ccc(CNC(=O)C2CCCCC2(C)N)cc1.Cl. The molecule has 1 fully saturated rings. The van der Waals surface area contributed by atoms with Crippen LogP contribution in [-0.2, 0) is 11.3 Å². The minimum Gasteiger partial charge on any atom is -0.352 e. The fourth-order valence-corrected chi connectivity index (χ4v) is 3.24. The summed E-state index contributed by atoms with van der Waals surface area (Å²) in [6.07, 6.45) is 3.90. The number of hydrogen-bond donors (Lipinski definition) is 4. The highest BCUT2D eigenvalue weighted by molar-refractivity contribution is 5.89. The fourth-order valence-electron chi connectivity index (χ4n) is 3.24. The van der Waals surface area contributed by atoms with Crippen molar-refractivity contribution in [3.63, 3.8) is 0 Å². The van der Waals surface area contributed by atoms with Gasteiger partial charge in [0.15, 0.2) is 0 Å². The van der Waals surface area contributed by atoms with Gasteiger partial charge < -0.3 is 21.7 Å². The predicted octanol–water partition coefficient (Wildman–Crippen LogP) is 3.16. The average Bonchev–Trinajstić information content (AvgIpc) is 2.52. The van der Waals surface area contributed by atoms with Crippen molar-refractivity contribution in [2.45, 2.75) is 64.6 Å². The molecule has 1 aromatic carbocycles. The number of nitrogens with two attached hydrogens (primary N) is 1. The smallest absolute Gasteiger partial charge is 0.319 e. The molecule has 0 radical (unpaired) electrons. The van der Waals surface area contributed by atoms with Crippen molar-refractivity contribution in [2.75, 3.05) is 5.32 Å². The zero-order valence-electron chi connectivity index (χ0n) is 15.8. The first-order chi connectivity index (χ1) is 11.8. The molecule has 1 aromatic rings. The Morgan fingerprint density at radius 2 is 1.88 bits per heavy atom. The Hall–Kier alpha value is -1.79. The molecule has 0 heterocycles. The van der Waals surface area contributed by atoms with Crippen LogP contribution >= 0.6 is 12.4 Å². The van der Waals surface area contributed by atoms with E-state index in [-0.39, 0.29) is 36.3 Å². The van der Waals surface area contributed by atoms with E-state index >= 15 is 0 Å². The van der Waals surface area contributed by atoms with Crippen LogP contribution < -0.4 is 21.7 Å². The number of carbonyl (C=O) groups excluding carboxylic acids is 2. The van der Waals surface area contributed by atoms with E-state index in [4.69, 9.17) is 5.73 Å². The topological polar surface area (TPSA) is 96.2 Å². The third kappa shape index (κ3) is 6.50. The lowest BCUT2D eigenvalue weighted by atomic mass is 9.74. The predicted molar refractivity (Wildman–Crippen MR) is 107 cm³/mol. The van der Waals surface area contributed by atoms with Gasteiger partial charge in [-0.15, -0.1) is 12.4 Å². The number of benzene rings is 1. The van der Waals surface area contributed by atoms with Gasteiger partial charge >= 0.3 is 6.03 Å². The first-order valence-electron chi connectivity index (χ1n) is 9.01. The molecule has 7 heteroatoms. The number of rotatable bonds is 5. The average molecular weight is 383 g/mol. The molecule has 0 aliphatic heterocycles. The van der Waals surface area contributed by atoms with E-state index in [2.05, 4.69) is 16.0 Å². The molecule has 2 atom stereocenters. The molecular formula is C19H31ClN4O2. The highest BCUT2D eigenvalue weighted by atomic mass is 35.5. The lowest BCUT2D eigenvalue weighted by Gasteiger charge is -2.37. The van der Waals surface area contributed by atoms with Gasteiger partial charge in [0, 0.05) is 23.8 Å². The minimum atomic E-state index is -0.417. The van der Waals surface area contributed by atoms with E-state index < -0.39 is 5.54 Å². The lowest BCUT2D eigenvalue weighted by Crippen LogP contribution is -2.52. The van der Waals surface area contributed by atoms with Crippen molar-refractivity contribution < 1.29 is 9.59 Å². The standard InChI is InChI=1S/C19H30N4O2.ClH/c1-13(2)22-18(25)23-15-9-7-14(8-10-15)12-21-17(24)16-6-4-5-11-19(16,3)20;/h7-10,13,16H,4-6,11-12,20H2,1-3H3,(H,21,24)(H2,22,23,25);1H. The van der Waals surface area contributed by atoms with Gasteiger partial charge in [-0.1, -0.05) is 25.0 Å². The van der Waals surface area contributed by atoms with Gasteiger partial charge in [-0.05, 0) is 51.3 Å². The van der Waals surface area contributed by atoms with Crippen LogP contribution in [0.2, 0.25) is 0 Å². The summed E-state index contributed by atoms with van der Waals surface area (Å²) in [5, 5.41) is 8.54. The minimum absolute atomic E-state index is 0. The van der Waals surface area contributed by atoms with Crippen molar-refractivity contribution >= 4 is 30.0 Å². The quantitative estimate of drug-likeness (QED) is 0.629. The first kappa shape index (κ1) is 22.3. The summed E-state index contributed by atoms with van der Waals surface area (Å²) >= 11 is 0. The van der Waals surface area contributed by atoms with E-state index in [0.717, 1.165) is 36.9 Å².